The highest BCUT2D eigenvalue weighted by Crippen LogP contribution is 2.36. The minimum atomic E-state index is -0.480. The number of benzene rings is 3. The largest absolute Gasteiger partial charge is 0.321 e. The van der Waals surface area contributed by atoms with Crippen LogP contribution in [0.1, 0.15) is 25.6 Å². The standard InChI is InChI=1S/C25H16ClN5O4S2/c1-13-2-11-18-19(12-13)36-21(20(18)26)23(33)27-16-7-3-14(4-8-16)22(32)28-25-30-29-24(37-25)15-5-9-17(10-6-15)31(34)35/h2-12H,1H3,(H,27,33)(H,28,30,32). The molecule has 0 radical (unpaired) electrons. The van der Waals surface area contributed by atoms with E-state index in [1.165, 1.54) is 23.5 Å². The van der Waals surface area contributed by atoms with Gasteiger partial charge in [0.05, 0.1) is 9.95 Å². The van der Waals surface area contributed by atoms with Crippen LogP contribution in [0.2, 0.25) is 5.02 Å². The number of aryl methyl sites for hydroxylation is 1. The topological polar surface area (TPSA) is 127 Å². The molecule has 0 unspecified atom stereocenters. The van der Waals surface area contributed by atoms with Crippen molar-refractivity contribution in [1.82, 2.24) is 10.2 Å². The van der Waals surface area contributed by atoms with Crippen LogP contribution in [0.15, 0.2) is 66.7 Å². The van der Waals surface area contributed by atoms with Gasteiger partial charge in [0.2, 0.25) is 5.13 Å². The molecule has 5 aromatic rings. The molecule has 0 spiro atoms. The molecular weight excluding hydrogens is 534 g/mol. The van der Waals surface area contributed by atoms with E-state index < -0.39 is 10.8 Å². The van der Waals surface area contributed by atoms with Gasteiger partial charge in [0.1, 0.15) is 9.88 Å². The van der Waals surface area contributed by atoms with Crippen LogP contribution < -0.4 is 10.6 Å². The number of aromatic nitrogens is 2. The molecule has 2 aromatic heterocycles. The second-order valence-electron chi connectivity index (χ2n) is 7.95. The molecule has 2 heterocycles. The van der Waals surface area contributed by atoms with Gasteiger partial charge in [0.15, 0.2) is 0 Å². The van der Waals surface area contributed by atoms with Crippen LogP contribution in [0.4, 0.5) is 16.5 Å². The second kappa shape index (κ2) is 10.1. The lowest BCUT2D eigenvalue weighted by Crippen LogP contribution is -2.13. The van der Waals surface area contributed by atoms with Crippen LogP contribution in [0.25, 0.3) is 20.7 Å². The number of hydrogen-bond acceptors (Lipinski definition) is 8. The number of nitrogens with zero attached hydrogens (tertiary/aromatic N) is 3. The fourth-order valence-corrected chi connectivity index (χ4v) is 5.75. The van der Waals surface area contributed by atoms with Gasteiger partial charge in [0, 0.05) is 39.0 Å². The molecule has 3 aromatic carbocycles. The predicted octanol–water partition coefficient (Wildman–Crippen LogP) is 6.79. The Labute approximate surface area is 222 Å². The zero-order chi connectivity index (χ0) is 26.1. The van der Waals surface area contributed by atoms with Crippen molar-refractivity contribution in [3.05, 3.63) is 97.9 Å². The molecule has 0 aliphatic rings. The van der Waals surface area contributed by atoms with Crippen molar-refractivity contribution < 1.29 is 14.5 Å². The lowest BCUT2D eigenvalue weighted by molar-refractivity contribution is -0.384. The van der Waals surface area contributed by atoms with Gasteiger partial charge in [-0.15, -0.1) is 21.5 Å². The molecule has 0 saturated carbocycles. The quantitative estimate of drug-likeness (QED) is 0.177. The van der Waals surface area contributed by atoms with E-state index in [1.54, 1.807) is 36.4 Å². The summed E-state index contributed by atoms with van der Waals surface area (Å²) in [5.74, 6) is -0.721. The number of fused-ring (bicyclic) bond motifs is 1. The summed E-state index contributed by atoms with van der Waals surface area (Å²) >= 11 is 8.91. The highest BCUT2D eigenvalue weighted by atomic mass is 35.5. The second-order valence-corrected chi connectivity index (χ2v) is 10.4. The van der Waals surface area contributed by atoms with Crippen LogP contribution in [-0.4, -0.2) is 26.9 Å². The molecule has 0 aliphatic heterocycles. The van der Waals surface area contributed by atoms with Crippen molar-refractivity contribution in [3.63, 3.8) is 0 Å². The number of anilines is 2. The number of non-ortho nitro benzene ring substituents is 1. The third-order valence-corrected chi connectivity index (χ3v) is 7.91. The first-order valence-corrected chi connectivity index (χ1v) is 12.8. The summed E-state index contributed by atoms with van der Waals surface area (Å²) in [6, 6.07) is 18.2. The first-order chi connectivity index (χ1) is 17.8. The fraction of sp³-hybridized carbons (Fsp3) is 0.0400. The minimum absolute atomic E-state index is 0.0246. The average molecular weight is 550 g/mol. The first-order valence-electron chi connectivity index (χ1n) is 10.8. The summed E-state index contributed by atoms with van der Waals surface area (Å²) in [5, 5.41) is 26.4. The van der Waals surface area contributed by atoms with E-state index >= 15 is 0 Å². The van der Waals surface area contributed by atoms with Gasteiger partial charge in [-0.1, -0.05) is 35.1 Å². The van der Waals surface area contributed by atoms with Gasteiger partial charge in [-0.2, -0.15) is 0 Å². The fourth-order valence-electron chi connectivity index (χ4n) is 3.50. The summed E-state index contributed by atoms with van der Waals surface area (Å²) < 4.78 is 0.940. The summed E-state index contributed by atoms with van der Waals surface area (Å²) in [6.45, 7) is 1.98. The maximum atomic E-state index is 12.8. The number of rotatable bonds is 6. The van der Waals surface area contributed by atoms with E-state index in [1.807, 2.05) is 25.1 Å². The van der Waals surface area contributed by atoms with Crippen LogP contribution in [0, 0.1) is 17.0 Å². The number of amides is 2. The van der Waals surface area contributed by atoms with Gasteiger partial charge in [-0.05, 0) is 55.0 Å². The number of carbonyl (C=O) groups is 2. The number of thiophene rings is 1. The molecule has 9 nitrogen and oxygen atoms in total. The number of halogens is 1. The Morgan fingerprint density at radius 3 is 2.35 bits per heavy atom. The van der Waals surface area contributed by atoms with Crippen molar-refractivity contribution in [2.75, 3.05) is 10.6 Å². The van der Waals surface area contributed by atoms with Crippen LogP contribution in [0.5, 0.6) is 0 Å². The van der Waals surface area contributed by atoms with E-state index in [2.05, 4.69) is 20.8 Å². The van der Waals surface area contributed by atoms with E-state index in [-0.39, 0.29) is 16.7 Å². The Morgan fingerprint density at radius 1 is 0.919 bits per heavy atom. The van der Waals surface area contributed by atoms with Gasteiger partial charge < -0.3 is 5.32 Å². The van der Waals surface area contributed by atoms with Gasteiger partial charge in [-0.3, -0.25) is 25.0 Å². The number of hydrogen-bond donors (Lipinski definition) is 2. The maximum absolute atomic E-state index is 12.8. The number of carbonyl (C=O) groups excluding carboxylic acids is 2. The number of nitro benzene ring substituents is 1. The third kappa shape index (κ3) is 5.19. The molecule has 12 heteroatoms. The smallest absolute Gasteiger partial charge is 0.269 e. The summed E-state index contributed by atoms with van der Waals surface area (Å²) in [6.07, 6.45) is 0. The average Bonchev–Trinajstić information content (AvgIpc) is 3.48. The Hall–Kier alpha value is -4.19. The van der Waals surface area contributed by atoms with Crippen molar-refractivity contribution in [1.29, 1.82) is 0 Å². The predicted molar refractivity (Wildman–Crippen MR) is 146 cm³/mol. The normalized spacial score (nSPS) is 10.9. The van der Waals surface area contributed by atoms with Crippen molar-refractivity contribution >= 4 is 72.7 Å². The van der Waals surface area contributed by atoms with Crippen LogP contribution >= 0.6 is 34.3 Å². The van der Waals surface area contributed by atoms with E-state index in [0.717, 1.165) is 27.0 Å². The first kappa shape index (κ1) is 24.5. The Bertz CT molecular complexity index is 1660. The van der Waals surface area contributed by atoms with Crippen LogP contribution in [0.3, 0.4) is 0 Å². The number of nitro groups is 1. The molecule has 184 valence electrons. The summed E-state index contributed by atoms with van der Waals surface area (Å²) in [4.78, 5) is 36.2. The highest BCUT2D eigenvalue weighted by Gasteiger charge is 2.18. The molecular formula is C25H16ClN5O4S2. The Kier molecular flexibility index (Phi) is 6.66. The van der Waals surface area contributed by atoms with E-state index in [4.69, 9.17) is 11.6 Å². The SMILES string of the molecule is Cc1ccc2c(Cl)c(C(=O)Nc3ccc(C(=O)Nc4nnc(-c5ccc([N+](=O)[O-])cc5)s4)cc3)sc2c1. The lowest BCUT2D eigenvalue weighted by Gasteiger charge is -2.06. The Balaban J connectivity index is 1.24. The van der Waals surface area contributed by atoms with Gasteiger partial charge >= 0.3 is 0 Å². The van der Waals surface area contributed by atoms with Gasteiger partial charge in [0.25, 0.3) is 17.5 Å². The van der Waals surface area contributed by atoms with Crippen molar-refractivity contribution in [2.45, 2.75) is 6.92 Å². The molecule has 37 heavy (non-hydrogen) atoms. The highest BCUT2D eigenvalue weighted by molar-refractivity contribution is 7.21. The Morgan fingerprint density at radius 2 is 1.65 bits per heavy atom. The molecule has 0 fully saturated rings. The molecule has 0 saturated heterocycles. The third-order valence-electron chi connectivity index (χ3n) is 5.37. The molecule has 0 atom stereocenters. The van der Waals surface area contributed by atoms with Crippen LogP contribution in [-0.2, 0) is 0 Å². The van der Waals surface area contributed by atoms with E-state index in [0.29, 0.717) is 31.7 Å². The van der Waals surface area contributed by atoms with Crippen molar-refractivity contribution in [2.24, 2.45) is 0 Å². The van der Waals surface area contributed by atoms with Gasteiger partial charge in [-0.25, -0.2) is 0 Å². The molecule has 2 amide bonds. The maximum Gasteiger partial charge on any atom is 0.269 e. The number of nitrogens with one attached hydrogen (secondary N) is 2. The zero-order valence-corrected chi connectivity index (χ0v) is 21.4. The molecule has 2 N–H and O–H groups in total. The minimum Gasteiger partial charge on any atom is -0.321 e. The monoisotopic (exact) mass is 549 g/mol. The summed E-state index contributed by atoms with van der Waals surface area (Å²) in [5.41, 5.74) is 2.59. The molecule has 0 bridgehead atoms. The molecule has 0 aliphatic carbocycles. The molecule has 5 rings (SSSR count). The van der Waals surface area contributed by atoms with E-state index in [9.17, 15) is 19.7 Å². The lowest BCUT2D eigenvalue weighted by atomic mass is 10.2. The zero-order valence-electron chi connectivity index (χ0n) is 19.0. The summed E-state index contributed by atoms with van der Waals surface area (Å²) in [7, 11) is 0. The van der Waals surface area contributed by atoms with Crippen molar-refractivity contribution in [3.8, 4) is 10.6 Å².